The molecule has 24 heavy (non-hydrogen) atoms. The molecule has 2 rings (SSSR count). The highest BCUT2D eigenvalue weighted by atomic mass is 35.5. The number of amides is 1. The number of nitrogens with one attached hydrogen (secondary N) is 1. The maximum absolute atomic E-state index is 12.6. The average Bonchev–Trinajstić information content (AvgIpc) is 2.55. The number of halogens is 1. The van der Waals surface area contributed by atoms with E-state index in [0.717, 1.165) is 23.0 Å². The van der Waals surface area contributed by atoms with Gasteiger partial charge in [-0.25, -0.2) is 8.42 Å². The SMILES string of the molecule is CC(C)c1ccc(S(=O)(=O)N(C)CC(=O)N2CCNCC2)cc1.Cl. The largest absolute Gasteiger partial charge is 0.339 e. The van der Waals surface area contributed by atoms with E-state index in [0.29, 0.717) is 19.0 Å². The second-order valence-electron chi connectivity index (χ2n) is 6.12. The first-order chi connectivity index (χ1) is 10.8. The van der Waals surface area contributed by atoms with Crippen LogP contribution in [-0.2, 0) is 14.8 Å². The second-order valence-corrected chi connectivity index (χ2v) is 8.16. The van der Waals surface area contributed by atoms with Gasteiger partial charge >= 0.3 is 0 Å². The molecule has 0 saturated carbocycles. The highest BCUT2D eigenvalue weighted by Crippen LogP contribution is 2.19. The van der Waals surface area contributed by atoms with Gasteiger partial charge in [-0.15, -0.1) is 12.4 Å². The molecule has 1 aromatic carbocycles. The number of likely N-dealkylation sites (N-methyl/N-ethyl adjacent to an activating group) is 1. The van der Waals surface area contributed by atoms with Crippen molar-refractivity contribution in [3.8, 4) is 0 Å². The van der Waals surface area contributed by atoms with Crippen molar-refractivity contribution in [3.63, 3.8) is 0 Å². The minimum absolute atomic E-state index is 0. The standard InChI is InChI=1S/C16H25N3O3S.ClH/c1-13(2)14-4-6-15(7-5-14)23(21,22)18(3)12-16(20)19-10-8-17-9-11-19;/h4-7,13,17H,8-12H2,1-3H3;1H. The van der Waals surface area contributed by atoms with E-state index in [1.165, 1.54) is 7.05 Å². The zero-order chi connectivity index (χ0) is 17.0. The molecule has 0 radical (unpaired) electrons. The molecule has 136 valence electrons. The maximum Gasteiger partial charge on any atom is 0.243 e. The van der Waals surface area contributed by atoms with Crippen molar-refractivity contribution in [2.45, 2.75) is 24.7 Å². The fraction of sp³-hybridized carbons (Fsp3) is 0.562. The summed E-state index contributed by atoms with van der Waals surface area (Å²) >= 11 is 0. The molecule has 0 bridgehead atoms. The Kier molecular flexibility index (Phi) is 7.66. The summed E-state index contributed by atoms with van der Waals surface area (Å²) < 4.78 is 26.3. The summed E-state index contributed by atoms with van der Waals surface area (Å²) in [7, 11) is -2.19. The van der Waals surface area contributed by atoms with E-state index < -0.39 is 10.0 Å². The van der Waals surface area contributed by atoms with Crippen molar-refractivity contribution in [1.29, 1.82) is 0 Å². The molecule has 0 aromatic heterocycles. The molecule has 8 heteroatoms. The maximum atomic E-state index is 12.6. The first-order valence-corrected chi connectivity index (χ1v) is 9.31. The van der Waals surface area contributed by atoms with Crippen LogP contribution >= 0.6 is 12.4 Å². The van der Waals surface area contributed by atoms with Crippen molar-refractivity contribution >= 4 is 28.3 Å². The van der Waals surface area contributed by atoms with Crippen LogP contribution in [-0.4, -0.2) is 63.3 Å². The molecule has 1 amide bonds. The van der Waals surface area contributed by atoms with Gasteiger partial charge in [-0.1, -0.05) is 26.0 Å². The summed E-state index contributed by atoms with van der Waals surface area (Å²) in [6.45, 7) is 6.72. The molecule has 1 heterocycles. The highest BCUT2D eigenvalue weighted by Gasteiger charge is 2.25. The molecule has 1 N–H and O–H groups in total. The fourth-order valence-corrected chi connectivity index (χ4v) is 3.61. The molecular formula is C16H26ClN3O3S. The zero-order valence-electron chi connectivity index (χ0n) is 14.4. The van der Waals surface area contributed by atoms with E-state index in [9.17, 15) is 13.2 Å². The molecule has 1 aliphatic heterocycles. The number of rotatable bonds is 5. The van der Waals surface area contributed by atoms with Gasteiger partial charge in [0.15, 0.2) is 0 Å². The zero-order valence-corrected chi connectivity index (χ0v) is 16.0. The van der Waals surface area contributed by atoms with Crippen LogP contribution in [0, 0.1) is 0 Å². The molecule has 0 aliphatic carbocycles. The number of hydrogen-bond donors (Lipinski definition) is 1. The van der Waals surface area contributed by atoms with Crippen molar-refractivity contribution in [1.82, 2.24) is 14.5 Å². The lowest BCUT2D eigenvalue weighted by molar-refractivity contribution is -0.131. The van der Waals surface area contributed by atoms with Gasteiger partial charge in [0.25, 0.3) is 0 Å². The topological polar surface area (TPSA) is 69.7 Å². The molecule has 1 saturated heterocycles. The van der Waals surface area contributed by atoms with E-state index in [4.69, 9.17) is 0 Å². The first kappa shape index (κ1) is 20.9. The summed E-state index contributed by atoms with van der Waals surface area (Å²) in [5.41, 5.74) is 1.09. The van der Waals surface area contributed by atoms with E-state index in [2.05, 4.69) is 19.2 Å². The van der Waals surface area contributed by atoms with Crippen molar-refractivity contribution in [3.05, 3.63) is 29.8 Å². The number of sulfonamides is 1. The van der Waals surface area contributed by atoms with E-state index >= 15 is 0 Å². The molecule has 1 aliphatic rings. The highest BCUT2D eigenvalue weighted by molar-refractivity contribution is 7.89. The van der Waals surface area contributed by atoms with Gasteiger partial charge in [0.1, 0.15) is 0 Å². The van der Waals surface area contributed by atoms with Gasteiger partial charge in [0.05, 0.1) is 11.4 Å². The predicted molar refractivity (Wildman–Crippen MR) is 97.0 cm³/mol. The number of hydrogen-bond acceptors (Lipinski definition) is 4. The van der Waals surface area contributed by atoms with Gasteiger partial charge in [-0.3, -0.25) is 4.79 Å². The molecule has 0 unspecified atom stereocenters. The van der Waals surface area contributed by atoms with Crippen LogP contribution in [0.2, 0.25) is 0 Å². The number of benzene rings is 1. The van der Waals surface area contributed by atoms with Gasteiger partial charge < -0.3 is 10.2 Å². The van der Waals surface area contributed by atoms with E-state index in [-0.39, 0.29) is 29.8 Å². The summed E-state index contributed by atoms with van der Waals surface area (Å²) in [6.07, 6.45) is 0. The Hall–Kier alpha value is -1.15. The Morgan fingerprint density at radius 1 is 1.21 bits per heavy atom. The van der Waals surface area contributed by atoms with Gasteiger partial charge in [0.2, 0.25) is 15.9 Å². The summed E-state index contributed by atoms with van der Waals surface area (Å²) in [5.74, 6) is 0.190. The Balaban J connectivity index is 0.00000288. The van der Waals surface area contributed by atoms with Gasteiger partial charge in [0, 0.05) is 33.2 Å². The third-order valence-electron chi connectivity index (χ3n) is 4.08. The van der Waals surface area contributed by atoms with Crippen LogP contribution in [0.3, 0.4) is 0 Å². The smallest absolute Gasteiger partial charge is 0.243 e. The molecule has 0 atom stereocenters. The molecule has 1 fully saturated rings. The Morgan fingerprint density at radius 3 is 2.25 bits per heavy atom. The van der Waals surface area contributed by atoms with Crippen molar-refractivity contribution in [2.75, 3.05) is 39.8 Å². The molecule has 6 nitrogen and oxygen atoms in total. The van der Waals surface area contributed by atoms with E-state index in [1.807, 2.05) is 12.1 Å². The third kappa shape index (κ3) is 4.92. The molecule has 1 aromatic rings. The number of piperazine rings is 1. The average molecular weight is 376 g/mol. The Labute approximate surface area is 150 Å². The van der Waals surface area contributed by atoms with Crippen LogP contribution in [0.1, 0.15) is 25.3 Å². The van der Waals surface area contributed by atoms with Crippen LogP contribution in [0.15, 0.2) is 29.2 Å². The Morgan fingerprint density at radius 2 is 1.75 bits per heavy atom. The first-order valence-electron chi connectivity index (χ1n) is 7.87. The van der Waals surface area contributed by atoms with Gasteiger partial charge in [-0.2, -0.15) is 4.31 Å². The van der Waals surface area contributed by atoms with Crippen LogP contribution in [0.5, 0.6) is 0 Å². The fourth-order valence-electron chi connectivity index (χ4n) is 2.49. The summed E-state index contributed by atoms with van der Waals surface area (Å²) in [4.78, 5) is 14.1. The third-order valence-corrected chi connectivity index (χ3v) is 5.90. The number of nitrogens with zero attached hydrogens (tertiary/aromatic N) is 2. The van der Waals surface area contributed by atoms with Crippen molar-refractivity contribution < 1.29 is 13.2 Å². The summed E-state index contributed by atoms with van der Waals surface area (Å²) in [5, 5.41) is 3.17. The minimum atomic E-state index is -3.64. The van der Waals surface area contributed by atoms with Crippen molar-refractivity contribution in [2.24, 2.45) is 0 Å². The predicted octanol–water partition coefficient (Wildman–Crippen LogP) is 1.28. The second kappa shape index (κ2) is 8.80. The Bertz CT molecular complexity index is 641. The minimum Gasteiger partial charge on any atom is -0.339 e. The number of carbonyl (C=O) groups excluding carboxylic acids is 1. The lowest BCUT2D eigenvalue weighted by Gasteiger charge is -2.29. The molecular weight excluding hydrogens is 350 g/mol. The van der Waals surface area contributed by atoms with E-state index in [1.54, 1.807) is 17.0 Å². The monoisotopic (exact) mass is 375 g/mol. The van der Waals surface area contributed by atoms with Crippen LogP contribution in [0.25, 0.3) is 0 Å². The summed E-state index contributed by atoms with van der Waals surface area (Å²) in [6, 6.07) is 6.86. The lowest BCUT2D eigenvalue weighted by Crippen LogP contribution is -2.49. The quantitative estimate of drug-likeness (QED) is 0.841. The molecule has 0 spiro atoms. The van der Waals surface area contributed by atoms with Gasteiger partial charge in [-0.05, 0) is 23.6 Å². The van der Waals surface area contributed by atoms with Crippen LogP contribution < -0.4 is 5.32 Å². The lowest BCUT2D eigenvalue weighted by atomic mass is 10.0. The van der Waals surface area contributed by atoms with Crippen LogP contribution in [0.4, 0.5) is 0 Å². The number of carbonyl (C=O) groups is 1. The normalized spacial score (nSPS) is 15.5.